The Hall–Kier alpha value is -1.88. The van der Waals surface area contributed by atoms with E-state index in [2.05, 4.69) is 22.1 Å². The third kappa shape index (κ3) is 2.39. The van der Waals surface area contributed by atoms with Crippen molar-refractivity contribution < 1.29 is 9.21 Å². The lowest BCUT2D eigenvalue weighted by atomic mass is 9.97. The van der Waals surface area contributed by atoms with Crippen LogP contribution in [0, 0.1) is 5.92 Å². The van der Waals surface area contributed by atoms with E-state index in [9.17, 15) is 4.79 Å². The monoisotopic (exact) mass is 299 g/mol. The number of carbonyl (C=O) groups is 1. The number of carbonyl (C=O) groups excluding carboxylic acids is 1. The van der Waals surface area contributed by atoms with Crippen molar-refractivity contribution in [1.29, 1.82) is 0 Å². The molecule has 2 bridgehead atoms. The van der Waals surface area contributed by atoms with Crippen molar-refractivity contribution in [2.24, 2.45) is 5.92 Å². The fourth-order valence-electron chi connectivity index (χ4n) is 3.80. The zero-order chi connectivity index (χ0) is 15.1. The van der Waals surface area contributed by atoms with Gasteiger partial charge in [-0.3, -0.25) is 9.78 Å². The van der Waals surface area contributed by atoms with Crippen LogP contribution in [0.3, 0.4) is 0 Å². The molecule has 0 radical (unpaired) electrons. The van der Waals surface area contributed by atoms with Crippen LogP contribution in [0.4, 0.5) is 0 Å². The van der Waals surface area contributed by atoms with Gasteiger partial charge < -0.3 is 14.6 Å². The van der Waals surface area contributed by atoms with E-state index in [1.165, 1.54) is 19.5 Å². The molecule has 1 unspecified atom stereocenters. The van der Waals surface area contributed by atoms with Gasteiger partial charge in [0.25, 0.3) is 5.91 Å². The first-order valence-corrected chi connectivity index (χ1v) is 8.12. The molecule has 0 aliphatic carbocycles. The molecule has 116 valence electrons. The highest BCUT2D eigenvalue weighted by Crippen LogP contribution is 2.27. The fraction of sp³-hybridized carbons (Fsp3) is 0.529. The molecule has 0 spiro atoms. The van der Waals surface area contributed by atoms with Crippen LogP contribution >= 0.6 is 0 Å². The number of aryl methyl sites for hydroxylation is 1. The van der Waals surface area contributed by atoms with E-state index in [1.807, 2.05) is 0 Å². The van der Waals surface area contributed by atoms with Crippen LogP contribution < -0.4 is 5.32 Å². The number of pyridine rings is 1. The Kier molecular flexibility index (Phi) is 3.37. The first-order chi connectivity index (χ1) is 10.7. The lowest BCUT2D eigenvalue weighted by Crippen LogP contribution is -2.47. The molecule has 2 aliphatic rings. The van der Waals surface area contributed by atoms with E-state index in [-0.39, 0.29) is 11.9 Å². The molecule has 4 heterocycles. The predicted molar refractivity (Wildman–Crippen MR) is 83.8 cm³/mol. The molecule has 2 aliphatic heterocycles. The second-order valence-electron chi connectivity index (χ2n) is 6.50. The quantitative estimate of drug-likeness (QED) is 0.944. The number of nitrogens with one attached hydrogen (secondary N) is 1. The number of piperidine rings is 1. The van der Waals surface area contributed by atoms with Crippen molar-refractivity contribution >= 4 is 16.9 Å². The Morgan fingerprint density at radius 3 is 3.23 bits per heavy atom. The van der Waals surface area contributed by atoms with E-state index in [4.69, 9.17) is 4.42 Å². The summed E-state index contributed by atoms with van der Waals surface area (Å²) in [6.45, 7) is 5.42. The highest BCUT2D eigenvalue weighted by Gasteiger charge is 2.33. The second-order valence-corrected chi connectivity index (χ2v) is 6.50. The summed E-state index contributed by atoms with van der Waals surface area (Å²) in [5.41, 5.74) is 2.31. The number of amides is 1. The molecule has 2 saturated heterocycles. The van der Waals surface area contributed by atoms with Crippen LogP contribution in [0.5, 0.6) is 0 Å². The molecule has 2 aromatic heterocycles. The van der Waals surface area contributed by atoms with Gasteiger partial charge in [0.05, 0.1) is 6.26 Å². The standard InChI is InChI=1S/C17H21N3O2/c1-2-12-10-22-16-6-15(18-7-14(12)16)17(21)19-13-5-11-3-4-20(8-11)9-13/h6-7,10-11,13H,2-5,8-9H2,1H3,(H,19,21)/t11-,13-/m1/s1. The van der Waals surface area contributed by atoms with Gasteiger partial charge in [-0.15, -0.1) is 0 Å². The summed E-state index contributed by atoms with van der Waals surface area (Å²) in [6.07, 6.45) is 6.76. The van der Waals surface area contributed by atoms with Gasteiger partial charge in [0.2, 0.25) is 0 Å². The van der Waals surface area contributed by atoms with E-state index in [0.29, 0.717) is 5.69 Å². The Balaban J connectivity index is 1.50. The number of hydrogen-bond acceptors (Lipinski definition) is 4. The highest BCUT2D eigenvalue weighted by molar-refractivity contribution is 5.95. The third-order valence-corrected chi connectivity index (χ3v) is 4.96. The SMILES string of the molecule is CCc1coc2cc(C(=O)N[C@@H]3C[C@H]4CCN(C4)C3)ncc12. The van der Waals surface area contributed by atoms with Crippen molar-refractivity contribution in [1.82, 2.24) is 15.2 Å². The van der Waals surface area contributed by atoms with Crippen molar-refractivity contribution in [2.75, 3.05) is 19.6 Å². The maximum atomic E-state index is 12.4. The van der Waals surface area contributed by atoms with Crippen LogP contribution in [0.2, 0.25) is 0 Å². The van der Waals surface area contributed by atoms with Crippen molar-refractivity contribution in [2.45, 2.75) is 32.2 Å². The summed E-state index contributed by atoms with van der Waals surface area (Å²) >= 11 is 0. The van der Waals surface area contributed by atoms with Crippen LogP contribution in [0.1, 0.15) is 35.8 Å². The largest absolute Gasteiger partial charge is 0.464 e. The Bertz CT molecular complexity index is 697. The minimum absolute atomic E-state index is 0.0937. The summed E-state index contributed by atoms with van der Waals surface area (Å²) < 4.78 is 5.54. The van der Waals surface area contributed by atoms with Crippen LogP contribution in [0.25, 0.3) is 11.0 Å². The first-order valence-electron chi connectivity index (χ1n) is 8.12. The lowest BCUT2D eigenvalue weighted by molar-refractivity contribution is 0.0904. The molecule has 2 aromatic rings. The smallest absolute Gasteiger partial charge is 0.270 e. The number of fused-ring (bicyclic) bond motifs is 3. The molecular weight excluding hydrogens is 278 g/mol. The van der Waals surface area contributed by atoms with Gasteiger partial charge in [0.15, 0.2) is 0 Å². The summed E-state index contributed by atoms with van der Waals surface area (Å²) in [7, 11) is 0. The van der Waals surface area contributed by atoms with Gasteiger partial charge >= 0.3 is 0 Å². The molecule has 0 aromatic carbocycles. The molecule has 1 N–H and O–H groups in total. The maximum absolute atomic E-state index is 12.4. The van der Waals surface area contributed by atoms with Gasteiger partial charge in [0, 0.05) is 36.8 Å². The van der Waals surface area contributed by atoms with E-state index in [0.717, 1.165) is 41.8 Å². The van der Waals surface area contributed by atoms with Gasteiger partial charge in [0.1, 0.15) is 11.3 Å². The number of aromatic nitrogens is 1. The summed E-state index contributed by atoms with van der Waals surface area (Å²) in [6, 6.07) is 2.00. The molecule has 3 atom stereocenters. The number of rotatable bonds is 3. The van der Waals surface area contributed by atoms with Gasteiger partial charge in [-0.2, -0.15) is 0 Å². The maximum Gasteiger partial charge on any atom is 0.270 e. The molecule has 0 saturated carbocycles. The summed E-state index contributed by atoms with van der Waals surface area (Å²) in [5.74, 6) is 0.649. The average Bonchev–Trinajstić information content (AvgIpc) is 3.09. The summed E-state index contributed by atoms with van der Waals surface area (Å²) in [4.78, 5) is 19.2. The Morgan fingerprint density at radius 1 is 1.50 bits per heavy atom. The molecule has 5 heteroatoms. The lowest BCUT2D eigenvalue weighted by Gasteiger charge is -2.30. The topological polar surface area (TPSA) is 58.4 Å². The minimum Gasteiger partial charge on any atom is -0.464 e. The van der Waals surface area contributed by atoms with Crippen molar-refractivity contribution in [3.63, 3.8) is 0 Å². The summed E-state index contributed by atoms with van der Waals surface area (Å²) in [5, 5.41) is 4.14. The van der Waals surface area contributed by atoms with Crippen LogP contribution in [-0.2, 0) is 6.42 Å². The molecule has 5 nitrogen and oxygen atoms in total. The first kappa shape index (κ1) is 13.8. The number of hydrogen-bond donors (Lipinski definition) is 1. The molecule has 1 amide bonds. The van der Waals surface area contributed by atoms with E-state index >= 15 is 0 Å². The fourth-order valence-corrected chi connectivity index (χ4v) is 3.80. The highest BCUT2D eigenvalue weighted by atomic mass is 16.3. The third-order valence-electron chi connectivity index (χ3n) is 4.96. The molecule has 2 fully saturated rings. The van der Waals surface area contributed by atoms with Crippen molar-refractivity contribution in [3.8, 4) is 0 Å². The minimum atomic E-state index is -0.0937. The Morgan fingerprint density at radius 2 is 2.41 bits per heavy atom. The zero-order valence-electron chi connectivity index (χ0n) is 12.8. The normalized spacial score (nSPS) is 27.2. The molecule has 22 heavy (non-hydrogen) atoms. The number of furan rings is 1. The number of nitrogens with zero attached hydrogens (tertiary/aromatic N) is 2. The van der Waals surface area contributed by atoms with Gasteiger partial charge in [-0.05, 0) is 37.3 Å². The molecule has 4 rings (SSSR count). The molecular formula is C17H21N3O2. The van der Waals surface area contributed by atoms with E-state index < -0.39 is 0 Å². The Labute approximate surface area is 129 Å². The average molecular weight is 299 g/mol. The van der Waals surface area contributed by atoms with Crippen LogP contribution in [0.15, 0.2) is 22.9 Å². The van der Waals surface area contributed by atoms with Crippen molar-refractivity contribution in [3.05, 3.63) is 29.8 Å². The van der Waals surface area contributed by atoms with Gasteiger partial charge in [-0.1, -0.05) is 6.92 Å². The predicted octanol–water partition coefficient (Wildman–Crippen LogP) is 2.21. The zero-order valence-corrected chi connectivity index (χ0v) is 12.8. The van der Waals surface area contributed by atoms with E-state index in [1.54, 1.807) is 18.5 Å². The van der Waals surface area contributed by atoms with Crippen LogP contribution in [-0.4, -0.2) is 41.5 Å². The second kappa shape index (κ2) is 5.39. The van der Waals surface area contributed by atoms with Gasteiger partial charge in [-0.25, -0.2) is 0 Å².